The minimum atomic E-state index is -0.190. The molecule has 1 heterocycles. The van der Waals surface area contributed by atoms with E-state index in [1.165, 1.54) is 10.9 Å². The summed E-state index contributed by atoms with van der Waals surface area (Å²) in [6, 6.07) is 7.06. The van der Waals surface area contributed by atoms with E-state index in [0.29, 0.717) is 0 Å². The smallest absolute Gasteiger partial charge is 0.123 e. The summed E-state index contributed by atoms with van der Waals surface area (Å²) in [4.78, 5) is 1.17. The van der Waals surface area contributed by atoms with Crippen LogP contribution in [0.2, 0.25) is 0 Å². The number of thiophene rings is 1. The van der Waals surface area contributed by atoms with Crippen LogP contribution < -0.4 is 11.3 Å². The monoisotopic (exact) mass is 238 g/mol. The fraction of sp³-hybridized carbons (Fsp3) is 0.333. The van der Waals surface area contributed by atoms with Gasteiger partial charge in [0.1, 0.15) is 5.82 Å². The van der Waals surface area contributed by atoms with Gasteiger partial charge in [-0.15, -0.1) is 11.3 Å². The van der Waals surface area contributed by atoms with Crippen LogP contribution in [0.15, 0.2) is 24.3 Å². The molecular formula is C12H15FN2S. The van der Waals surface area contributed by atoms with Gasteiger partial charge in [0.25, 0.3) is 0 Å². The molecule has 0 aliphatic heterocycles. The molecule has 86 valence electrons. The van der Waals surface area contributed by atoms with Crippen molar-refractivity contribution < 1.29 is 4.39 Å². The van der Waals surface area contributed by atoms with Crippen molar-refractivity contribution in [2.75, 3.05) is 0 Å². The quantitative estimate of drug-likeness (QED) is 0.633. The molecule has 1 unspecified atom stereocenters. The molecule has 0 aliphatic carbocycles. The number of rotatable bonds is 4. The molecule has 16 heavy (non-hydrogen) atoms. The average Bonchev–Trinajstić information content (AvgIpc) is 2.68. The van der Waals surface area contributed by atoms with Crippen LogP contribution in [0.3, 0.4) is 0 Å². The Hall–Kier alpha value is -0.970. The lowest BCUT2D eigenvalue weighted by molar-refractivity contribution is 0.518. The van der Waals surface area contributed by atoms with Crippen LogP contribution in [-0.4, -0.2) is 0 Å². The van der Waals surface area contributed by atoms with Gasteiger partial charge in [-0.05, 0) is 36.1 Å². The van der Waals surface area contributed by atoms with E-state index >= 15 is 0 Å². The van der Waals surface area contributed by atoms with Crippen molar-refractivity contribution in [3.05, 3.63) is 35.0 Å². The Morgan fingerprint density at radius 1 is 1.44 bits per heavy atom. The third kappa shape index (κ3) is 2.24. The van der Waals surface area contributed by atoms with Gasteiger partial charge in [0.15, 0.2) is 0 Å². The second kappa shape index (κ2) is 4.91. The fourth-order valence-electron chi connectivity index (χ4n) is 1.80. The molecule has 1 atom stereocenters. The van der Waals surface area contributed by atoms with E-state index in [1.807, 2.05) is 12.1 Å². The summed E-state index contributed by atoms with van der Waals surface area (Å²) >= 11 is 1.67. The van der Waals surface area contributed by atoms with E-state index in [9.17, 15) is 4.39 Å². The molecule has 0 bridgehead atoms. The first-order valence-electron chi connectivity index (χ1n) is 5.39. The van der Waals surface area contributed by atoms with E-state index in [-0.39, 0.29) is 11.9 Å². The Labute approximate surface area is 98.2 Å². The molecule has 0 radical (unpaired) electrons. The molecule has 0 fully saturated rings. The van der Waals surface area contributed by atoms with E-state index in [4.69, 9.17) is 5.84 Å². The highest BCUT2D eigenvalue weighted by Gasteiger charge is 2.12. The van der Waals surface area contributed by atoms with Crippen LogP contribution >= 0.6 is 11.3 Å². The van der Waals surface area contributed by atoms with Gasteiger partial charge in [-0.1, -0.05) is 13.3 Å². The third-order valence-corrected chi connectivity index (χ3v) is 3.85. The number of fused-ring (bicyclic) bond motifs is 1. The topological polar surface area (TPSA) is 38.0 Å². The van der Waals surface area contributed by atoms with Crippen molar-refractivity contribution in [2.24, 2.45) is 5.84 Å². The first kappa shape index (κ1) is 11.5. The lowest BCUT2D eigenvalue weighted by Gasteiger charge is -2.11. The minimum absolute atomic E-state index is 0.172. The maximum atomic E-state index is 13.0. The summed E-state index contributed by atoms with van der Waals surface area (Å²) in [6.45, 7) is 2.12. The number of hydrogen-bond acceptors (Lipinski definition) is 3. The van der Waals surface area contributed by atoms with Gasteiger partial charge < -0.3 is 0 Å². The van der Waals surface area contributed by atoms with Gasteiger partial charge in [0.05, 0.1) is 6.04 Å². The normalized spacial score (nSPS) is 13.2. The van der Waals surface area contributed by atoms with Crippen molar-refractivity contribution in [1.29, 1.82) is 0 Å². The maximum Gasteiger partial charge on any atom is 0.123 e. The average molecular weight is 238 g/mol. The van der Waals surface area contributed by atoms with Gasteiger partial charge in [0, 0.05) is 9.58 Å². The Morgan fingerprint density at radius 3 is 2.94 bits per heavy atom. The van der Waals surface area contributed by atoms with Crippen molar-refractivity contribution in [1.82, 2.24) is 5.43 Å². The minimum Gasteiger partial charge on any atom is -0.271 e. The fourth-order valence-corrected chi connectivity index (χ4v) is 2.94. The molecule has 0 spiro atoms. The SMILES string of the molecule is CCCC(NN)c1cc2cc(F)ccc2s1. The van der Waals surface area contributed by atoms with E-state index < -0.39 is 0 Å². The molecule has 0 saturated heterocycles. The van der Waals surface area contributed by atoms with Gasteiger partial charge in [-0.25, -0.2) is 4.39 Å². The van der Waals surface area contributed by atoms with Crippen molar-refractivity contribution >= 4 is 21.4 Å². The molecule has 4 heteroatoms. The number of hydrazine groups is 1. The molecule has 1 aromatic carbocycles. The summed E-state index contributed by atoms with van der Waals surface area (Å²) in [5, 5.41) is 0.955. The van der Waals surface area contributed by atoms with E-state index in [1.54, 1.807) is 17.4 Å². The molecule has 2 aromatic rings. The van der Waals surface area contributed by atoms with Crippen LogP contribution in [0.1, 0.15) is 30.7 Å². The molecule has 1 aromatic heterocycles. The molecule has 0 amide bonds. The van der Waals surface area contributed by atoms with Crippen LogP contribution in [0.4, 0.5) is 4.39 Å². The van der Waals surface area contributed by atoms with Crippen LogP contribution in [-0.2, 0) is 0 Å². The molecule has 2 rings (SSSR count). The lowest BCUT2D eigenvalue weighted by Crippen LogP contribution is -2.27. The first-order chi connectivity index (χ1) is 7.74. The first-order valence-corrected chi connectivity index (χ1v) is 6.21. The van der Waals surface area contributed by atoms with Gasteiger partial charge in [-0.2, -0.15) is 0 Å². The number of nitrogens with two attached hydrogens (primary N) is 1. The van der Waals surface area contributed by atoms with Gasteiger partial charge in [0.2, 0.25) is 0 Å². The standard InChI is InChI=1S/C12H15FN2S/c1-2-3-10(15-14)12-7-8-6-9(13)4-5-11(8)16-12/h4-7,10,15H,2-3,14H2,1H3. The van der Waals surface area contributed by atoms with Crippen LogP contribution in [0.25, 0.3) is 10.1 Å². The number of benzene rings is 1. The van der Waals surface area contributed by atoms with Gasteiger partial charge in [-0.3, -0.25) is 11.3 Å². The predicted octanol–water partition coefficient (Wildman–Crippen LogP) is 3.34. The van der Waals surface area contributed by atoms with Crippen LogP contribution in [0, 0.1) is 5.82 Å². The number of halogens is 1. The van der Waals surface area contributed by atoms with Crippen molar-refractivity contribution in [2.45, 2.75) is 25.8 Å². The highest BCUT2D eigenvalue weighted by atomic mass is 32.1. The summed E-state index contributed by atoms with van der Waals surface area (Å²) in [5.41, 5.74) is 2.81. The zero-order chi connectivity index (χ0) is 11.5. The van der Waals surface area contributed by atoms with Gasteiger partial charge >= 0.3 is 0 Å². The summed E-state index contributed by atoms with van der Waals surface area (Å²) in [7, 11) is 0. The summed E-state index contributed by atoms with van der Waals surface area (Å²) in [5.74, 6) is 5.34. The number of hydrogen-bond donors (Lipinski definition) is 2. The molecular weight excluding hydrogens is 223 g/mol. The Balaban J connectivity index is 2.37. The lowest BCUT2D eigenvalue weighted by atomic mass is 10.1. The Bertz CT molecular complexity index is 481. The number of nitrogens with one attached hydrogen (secondary N) is 1. The molecule has 2 nitrogen and oxygen atoms in total. The molecule has 0 saturated carbocycles. The maximum absolute atomic E-state index is 13.0. The molecule has 3 N–H and O–H groups in total. The second-order valence-corrected chi connectivity index (χ2v) is 4.95. The Kier molecular flexibility index (Phi) is 3.53. The van der Waals surface area contributed by atoms with Crippen molar-refractivity contribution in [3.63, 3.8) is 0 Å². The highest BCUT2D eigenvalue weighted by molar-refractivity contribution is 7.19. The highest BCUT2D eigenvalue weighted by Crippen LogP contribution is 2.31. The zero-order valence-electron chi connectivity index (χ0n) is 9.16. The third-order valence-electron chi connectivity index (χ3n) is 2.62. The van der Waals surface area contributed by atoms with Crippen LogP contribution in [0.5, 0.6) is 0 Å². The second-order valence-electron chi connectivity index (χ2n) is 3.84. The van der Waals surface area contributed by atoms with E-state index in [2.05, 4.69) is 12.3 Å². The largest absolute Gasteiger partial charge is 0.271 e. The summed E-state index contributed by atoms with van der Waals surface area (Å²) < 4.78 is 14.1. The zero-order valence-corrected chi connectivity index (χ0v) is 9.98. The predicted molar refractivity (Wildman–Crippen MR) is 66.8 cm³/mol. The Morgan fingerprint density at radius 2 is 2.25 bits per heavy atom. The van der Waals surface area contributed by atoms with E-state index in [0.717, 1.165) is 22.9 Å². The molecule has 0 aliphatic rings. The summed E-state index contributed by atoms with van der Waals surface area (Å²) in [6.07, 6.45) is 2.06. The van der Waals surface area contributed by atoms with Crippen molar-refractivity contribution in [3.8, 4) is 0 Å².